The first kappa shape index (κ1) is 27.0. The van der Waals surface area contributed by atoms with Crippen molar-refractivity contribution in [1.82, 2.24) is 20.4 Å². The molecule has 0 bridgehead atoms. The van der Waals surface area contributed by atoms with Crippen LogP contribution in [0.2, 0.25) is 0 Å². The molecule has 1 aromatic rings. The summed E-state index contributed by atoms with van der Waals surface area (Å²) in [5.74, 6) is -0.492. The molecule has 0 aromatic heterocycles. The predicted molar refractivity (Wildman–Crippen MR) is 136 cm³/mol. The van der Waals surface area contributed by atoms with Crippen molar-refractivity contribution < 1.29 is 13.5 Å². The van der Waals surface area contributed by atoms with E-state index in [0.29, 0.717) is 6.54 Å². The van der Waals surface area contributed by atoms with Crippen LogP contribution in [-0.4, -0.2) is 80.8 Å². The van der Waals surface area contributed by atoms with Gasteiger partial charge in [0.1, 0.15) is 12.4 Å². The van der Waals surface area contributed by atoms with E-state index in [-0.39, 0.29) is 41.9 Å². The predicted octanol–water partition coefficient (Wildman–Crippen LogP) is 3.47. The number of halogens is 3. The van der Waals surface area contributed by atoms with Crippen molar-refractivity contribution >= 4 is 29.9 Å². The van der Waals surface area contributed by atoms with Crippen LogP contribution in [0.25, 0.3) is 0 Å². The molecule has 2 aliphatic heterocycles. The number of hydrogen-bond donors (Lipinski definition) is 2. The average Bonchev–Trinajstić information content (AvgIpc) is 2.78. The van der Waals surface area contributed by atoms with E-state index in [4.69, 9.17) is 9.73 Å². The van der Waals surface area contributed by atoms with Crippen molar-refractivity contribution in [2.75, 3.05) is 59.5 Å². The maximum absolute atomic E-state index is 13.7. The number of rotatable bonds is 8. The Kier molecular flexibility index (Phi) is 11.4. The van der Waals surface area contributed by atoms with Gasteiger partial charge in [0, 0.05) is 18.2 Å². The summed E-state index contributed by atoms with van der Waals surface area (Å²) in [6.45, 7) is 8.84. The first-order valence-electron chi connectivity index (χ1n) is 11.6. The van der Waals surface area contributed by atoms with E-state index < -0.39 is 11.6 Å². The standard InChI is InChI=1S/C23H37F2N5O.HI/c1-3-26-22(27-11-16-31-21-8-7-19(24)17-20(21)25)28-18-23(9-14-29(2)15-10-23)30-12-5-4-6-13-30;/h7-8,17H,3-6,9-16,18H2,1-2H3,(H2,26,27,28);1H. The fourth-order valence-corrected chi connectivity index (χ4v) is 4.47. The van der Waals surface area contributed by atoms with Crippen molar-refractivity contribution in [3.63, 3.8) is 0 Å². The second-order valence-electron chi connectivity index (χ2n) is 8.62. The smallest absolute Gasteiger partial charge is 0.191 e. The summed E-state index contributed by atoms with van der Waals surface area (Å²) in [6.07, 6.45) is 6.15. The number of aliphatic imine (C=N–C) groups is 1. The number of likely N-dealkylation sites (tertiary alicyclic amines) is 2. The zero-order valence-electron chi connectivity index (χ0n) is 19.3. The van der Waals surface area contributed by atoms with E-state index in [2.05, 4.69) is 27.5 Å². The Hall–Kier alpha value is -1.20. The zero-order chi connectivity index (χ0) is 22.1. The molecular weight excluding hydrogens is 527 g/mol. The summed E-state index contributed by atoms with van der Waals surface area (Å²) in [5, 5.41) is 6.58. The van der Waals surface area contributed by atoms with Gasteiger partial charge in [0.05, 0.1) is 13.1 Å². The van der Waals surface area contributed by atoms with Crippen LogP contribution in [0.15, 0.2) is 23.2 Å². The fourth-order valence-electron chi connectivity index (χ4n) is 4.47. The minimum absolute atomic E-state index is 0. The van der Waals surface area contributed by atoms with Gasteiger partial charge in [-0.15, -0.1) is 24.0 Å². The lowest BCUT2D eigenvalue weighted by atomic mass is 9.84. The van der Waals surface area contributed by atoms with Crippen molar-refractivity contribution in [3.05, 3.63) is 29.8 Å². The molecule has 2 heterocycles. The molecular formula is C23H38F2IN5O. The third-order valence-electron chi connectivity index (χ3n) is 6.37. The van der Waals surface area contributed by atoms with Crippen LogP contribution >= 0.6 is 24.0 Å². The van der Waals surface area contributed by atoms with E-state index in [1.165, 1.54) is 44.5 Å². The summed E-state index contributed by atoms with van der Waals surface area (Å²) in [7, 11) is 2.19. The number of guanidine groups is 1. The second-order valence-corrected chi connectivity index (χ2v) is 8.62. The van der Waals surface area contributed by atoms with E-state index >= 15 is 0 Å². The summed E-state index contributed by atoms with van der Waals surface area (Å²) in [6, 6.07) is 3.33. The Morgan fingerprint density at radius 2 is 1.81 bits per heavy atom. The van der Waals surface area contributed by atoms with E-state index in [1.807, 2.05) is 6.92 Å². The maximum atomic E-state index is 13.7. The highest BCUT2D eigenvalue weighted by atomic mass is 127. The van der Waals surface area contributed by atoms with Gasteiger partial charge in [-0.2, -0.15) is 0 Å². The van der Waals surface area contributed by atoms with Crippen LogP contribution in [0.3, 0.4) is 0 Å². The maximum Gasteiger partial charge on any atom is 0.191 e. The van der Waals surface area contributed by atoms with Gasteiger partial charge in [0.25, 0.3) is 0 Å². The number of nitrogens with one attached hydrogen (secondary N) is 2. The molecule has 2 aliphatic rings. The highest BCUT2D eigenvalue weighted by Gasteiger charge is 2.39. The quantitative estimate of drug-likeness (QED) is 0.219. The fraction of sp³-hybridized carbons (Fsp3) is 0.696. The monoisotopic (exact) mass is 565 g/mol. The molecule has 2 saturated heterocycles. The van der Waals surface area contributed by atoms with Crippen LogP contribution in [0, 0.1) is 11.6 Å². The van der Waals surface area contributed by atoms with Gasteiger partial charge >= 0.3 is 0 Å². The molecule has 3 rings (SSSR count). The minimum atomic E-state index is -0.689. The van der Waals surface area contributed by atoms with Gasteiger partial charge in [0.2, 0.25) is 0 Å². The summed E-state index contributed by atoms with van der Waals surface area (Å²) >= 11 is 0. The number of piperidine rings is 2. The molecule has 1 aromatic carbocycles. The molecule has 0 spiro atoms. The SMILES string of the molecule is CCNC(=NCC1(N2CCCCC2)CCN(C)CC1)NCCOc1ccc(F)cc1F.I. The molecule has 2 N–H and O–H groups in total. The van der Waals surface area contributed by atoms with Crippen LogP contribution in [0.4, 0.5) is 8.78 Å². The highest BCUT2D eigenvalue weighted by molar-refractivity contribution is 14.0. The Balaban J connectivity index is 0.00000363. The van der Waals surface area contributed by atoms with Crippen molar-refractivity contribution in [2.24, 2.45) is 4.99 Å². The molecule has 182 valence electrons. The molecule has 0 amide bonds. The molecule has 9 heteroatoms. The van der Waals surface area contributed by atoms with Gasteiger partial charge in [-0.1, -0.05) is 6.42 Å². The summed E-state index contributed by atoms with van der Waals surface area (Å²) in [4.78, 5) is 10.0. The first-order chi connectivity index (χ1) is 15.0. The van der Waals surface area contributed by atoms with Gasteiger partial charge in [-0.3, -0.25) is 9.89 Å². The second kappa shape index (κ2) is 13.5. The summed E-state index contributed by atoms with van der Waals surface area (Å²) < 4.78 is 32.2. The Morgan fingerprint density at radius 1 is 1.09 bits per heavy atom. The van der Waals surface area contributed by atoms with Crippen LogP contribution < -0.4 is 15.4 Å². The van der Waals surface area contributed by atoms with E-state index in [0.717, 1.165) is 51.0 Å². The summed E-state index contributed by atoms with van der Waals surface area (Å²) in [5.41, 5.74) is 0.128. The molecule has 0 aliphatic carbocycles. The molecule has 0 saturated carbocycles. The van der Waals surface area contributed by atoms with Gasteiger partial charge in [-0.05, 0) is 78.0 Å². The minimum Gasteiger partial charge on any atom is -0.489 e. The third-order valence-corrected chi connectivity index (χ3v) is 6.37. The normalized spacial score (nSPS) is 19.8. The largest absolute Gasteiger partial charge is 0.489 e. The van der Waals surface area contributed by atoms with Gasteiger partial charge in [0.15, 0.2) is 17.5 Å². The lowest BCUT2D eigenvalue weighted by Gasteiger charge is -2.49. The van der Waals surface area contributed by atoms with Crippen molar-refractivity contribution in [1.29, 1.82) is 0 Å². The van der Waals surface area contributed by atoms with Gasteiger partial charge < -0.3 is 20.3 Å². The van der Waals surface area contributed by atoms with E-state index in [1.54, 1.807) is 0 Å². The van der Waals surface area contributed by atoms with Crippen LogP contribution in [0.1, 0.15) is 39.0 Å². The highest BCUT2D eigenvalue weighted by Crippen LogP contribution is 2.31. The van der Waals surface area contributed by atoms with E-state index in [9.17, 15) is 8.78 Å². The van der Waals surface area contributed by atoms with Crippen molar-refractivity contribution in [3.8, 4) is 5.75 Å². The Bertz CT molecular complexity index is 722. The molecule has 0 atom stereocenters. The lowest BCUT2D eigenvalue weighted by molar-refractivity contribution is 0.0208. The molecule has 32 heavy (non-hydrogen) atoms. The van der Waals surface area contributed by atoms with Gasteiger partial charge in [-0.25, -0.2) is 8.78 Å². The number of nitrogens with zero attached hydrogens (tertiary/aromatic N) is 3. The van der Waals surface area contributed by atoms with Crippen LogP contribution in [-0.2, 0) is 0 Å². The molecule has 0 unspecified atom stereocenters. The zero-order valence-corrected chi connectivity index (χ0v) is 21.7. The van der Waals surface area contributed by atoms with Crippen LogP contribution in [0.5, 0.6) is 5.75 Å². The lowest BCUT2D eigenvalue weighted by Crippen LogP contribution is -2.58. The third kappa shape index (κ3) is 7.69. The first-order valence-corrected chi connectivity index (χ1v) is 11.6. The Morgan fingerprint density at radius 3 is 2.47 bits per heavy atom. The topological polar surface area (TPSA) is 52.1 Å². The number of benzene rings is 1. The van der Waals surface area contributed by atoms with Crippen molar-refractivity contribution in [2.45, 2.75) is 44.6 Å². The molecule has 6 nitrogen and oxygen atoms in total. The average molecular weight is 565 g/mol. The Labute approximate surface area is 208 Å². The number of hydrogen-bond acceptors (Lipinski definition) is 4. The number of ether oxygens (including phenoxy) is 1. The molecule has 2 fully saturated rings. The molecule has 0 radical (unpaired) electrons.